The Kier molecular flexibility index (Phi) is 2.15. The fourth-order valence-corrected chi connectivity index (χ4v) is 2.08. The Morgan fingerprint density at radius 1 is 1.00 bits per heavy atom. The third kappa shape index (κ3) is 1.39. The molecule has 0 fully saturated rings. The van der Waals surface area contributed by atoms with Crippen LogP contribution in [-0.4, -0.2) is 11.7 Å². The average molecular weight is 212 g/mol. The summed E-state index contributed by atoms with van der Waals surface area (Å²) in [6, 6.07) is 16.0. The normalized spacial score (nSPS) is 17.9. The summed E-state index contributed by atoms with van der Waals surface area (Å²) >= 11 is 0. The predicted octanol–water partition coefficient (Wildman–Crippen LogP) is 2.78. The molecule has 1 aliphatic rings. The van der Waals surface area contributed by atoms with E-state index in [1.54, 1.807) is 0 Å². The number of benzene rings is 2. The van der Waals surface area contributed by atoms with Gasteiger partial charge >= 0.3 is 0 Å². The lowest BCUT2D eigenvalue weighted by Gasteiger charge is -2.07. The Morgan fingerprint density at radius 3 is 2.62 bits per heavy atom. The van der Waals surface area contributed by atoms with Crippen LogP contribution in [0.25, 0.3) is 11.1 Å². The van der Waals surface area contributed by atoms with Crippen molar-refractivity contribution in [2.45, 2.75) is 6.10 Å². The van der Waals surface area contributed by atoms with Gasteiger partial charge in [0.05, 0.1) is 0 Å². The second kappa shape index (κ2) is 3.65. The van der Waals surface area contributed by atoms with Crippen molar-refractivity contribution < 1.29 is 9.84 Å². The molecular weight excluding hydrogens is 200 g/mol. The SMILES string of the molecule is OC1COc2c(-c3ccccc3)cccc21. The highest BCUT2D eigenvalue weighted by Crippen LogP contribution is 2.40. The van der Waals surface area contributed by atoms with Gasteiger partial charge in [-0.15, -0.1) is 0 Å². The van der Waals surface area contributed by atoms with Crippen LogP contribution in [0.15, 0.2) is 48.5 Å². The van der Waals surface area contributed by atoms with Gasteiger partial charge < -0.3 is 9.84 Å². The lowest BCUT2D eigenvalue weighted by molar-refractivity contribution is 0.140. The highest BCUT2D eigenvalue weighted by atomic mass is 16.5. The van der Waals surface area contributed by atoms with Crippen LogP contribution < -0.4 is 4.74 Å². The molecule has 1 unspecified atom stereocenters. The van der Waals surface area contributed by atoms with E-state index in [9.17, 15) is 5.11 Å². The maximum absolute atomic E-state index is 9.73. The van der Waals surface area contributed by atoms with Gasteiger partial charge in [-0.2, -0.15) is 0 Å². The molecule has 80 valence electrons. The maximum atomic E-state index is 9.73. The first-order valence-electron chi connectivity index (χ1n) is 5.35. The van der Waals surface area contributed by atoms with Gasteiger partial charge in [0.1, 0.15) is 18.5 Å². The molecule has 1 aliphatic heterocycles. The zero-order valence-electron chi connectivity index (χ0n) is 8.76. The molecule has 1 N–H and O–H groups in total. The van der Waals surface area contributed by atoms with Crippen LogP contribution >= 0.6 is 0 Å². The Hall–Kier alpha value is -1.80. The first kappa shape index (κ1) is 9.43. The summed E-state index contributed by atoms with van der Waals surface area (Å²) < 4.78 is 5.55. The van der Waals surface area contributed by atoms with Crippen LogP contribution in [0.5, 0.6) is 5.75 Å². The van der Waals surface area contributed by atoms with Gasteiger partial charge in [0.25, 0.3) is 0 Å². The monoisotopic (exact) mass is 212 g/mol. The summed E-state index contributed by atoms with van der Waals surface area (Å²) in [4.78, 5) is 0. The molecule has 0 radical (unpaired) electrons. The standard InChI is InChI=1S/C14H12O2/c15-13-9-16-14-11(7-4-8-12(13)14)10-5-2-1-3-6-10/h1-8,13,15H,9H2. The third-order valence-corrected chi connectivity index (χ3v) is 2.87. The molecule has 0 bridgehead atoms. The van der Waals surface area contributed by atoms with E-state index in [2.05, 4.69) is 0 Å². The fraction of sp³-hybridized carbons (Fsp3) is 0.143. The average Bonchev–Trinajstić information content (AvgIpc) is 2.73. The minimum Gasteiger partial charge on any atom is -0.489 e. The molecule has 2 aromatic carbocycles. The number of fused-ring (bicyclic) bond motifs is 1. The number of ether oxygens (including phenoxy) is 1. The summed E-state index contributed by atoms with van der Waals surface area (Å²) in [5.74, 6) is 0.821. The van der Waals surface area contributed by atoms with Crippen molar-refractivity contribution >= 4 is 0 Å². The Labute approximate surface area is 94.1 Å². The van der Waals surface area contributed by atoms with Crippen molar-refractivity contribution in [3.8, 4) is 16.9 Å². The van der Waals surface area contributed by atoms with Gasteiger partial charge in [-0.25, -0.2) is 0 Å². The summed E-state index contributed by atoms with van der Waals surface area (Å²) in [6.07, 6.45) is -0.487. The van der Waals surface area contributed by atoms with Crippen molar-refractivity contribution in [1.82, 2.24) is 0 Å². The van der Waals surface area contributed by atoms with Gasteiger partial charge in [-0.1, -0.05) is 48.5 Å². The number of para-hydroxylation sites is 1. The second-order valence-electron chi connectivity index (χ2n) is 3.92. The lowest BCUT2D eigenvalue weighted by atomic mass is 10.0. The molecule has 1 heterocycles. The summed E-state index contributed by atoms with van der Waals surface area (Å²) in [5, 5.41) is 9.73. The van der Waals surface area contributed by atoms with Crippen LogP contribution in [0.3, 0.4) is 0 Å². The minimum absolute atomic E-state index is 0.360. The second-order valence-corrected chi connectivity index (χ2v) is 3.92. The van der Waals surface area contributed by atoms with Crippen LogP contribution in [0.4, 0.5) is 0 Å². The molecule has 0 saturated carbocycles. The molecule has 3 rings (SSSR count). The zero-order valence-corrected chi connectivity index (χ0v) is 8.76. The lowest BCUT2D eigenvalue weighted by Crippen LogP contribution is -1.97. The molecule has 2 aromatic rings. The number of aliphatic hydroxyl groups is 1. The first-order chi connectivity index (χ1) is 7.86. The number of rotatable bonds is 1. The smallest absolute Gasteiger partial charge is 0.133 e. The van der Waals surface area contributed by atoms with E-state index in [0.29, 0.717) is 6.61 Å². The quantitative estimate of drug-likeness (QED) is 0.787. The highest BCUT2D eigenvalue weighted by Gasteiger charge is 2.24. The van der Waals surface area contributed by atoms with Gasteiger partial charge in [0, 0.05) is 11.1 Å². The minimum atomic E-state index is -0.487. The molecule has 0 aromatic heterocycles. The summed E-state index contributed by atoms with van der Waals surface area (Å²) in [5.41, 5.74) is 3.06. The Morgan fingerprint density at radius 2 is 1.81 bits per heavy atom. The van der Waals surface area contributed by atoms with E-state index in [1.165, 1.54) is 0 Å². The maximum Gasteiger partial charge on any atom is 0.133 e. The van der Waals surface area contributed by atoms with Crippen molar-refractivity contribution in [1.29, 1.82) is 0 Å². The number of aliphatic hydroxyl groups excluding tert-OH is 1. The Bertz CT molecular complexity index is 505. The van der Waals surface area contributed by atoms with Crippen LogP contribution in [0.1, 0.15) is 11.7 Å². The predicted molar refractivity (Wildman–Crippen MR) is 62.3 cm³/mol. The molecule has 1 atom stereocenters. The van der Waals surface area contributed by atoms with E-state index in [-0.39, 0.29) is 0 Å². The number of hydrogen-bond donors (Lipinski definition) is 1. The first-order valence-corrected chi connectivity index (χ1v) is 5.35. The highest BCUT2D eigenvalue weighted by molar-refractivity contribution is 5.73. The third-order valence-electron chi connectivity index (χ3n) is 2.87. The molecular formula is C14H12O2. The van der Waals surface area contributed by atoms with E-state index in [1.807, 2.05) is 48.5 Å². The van der Waals surface area contributed by atoms with Crippen molar-refractivity contribution in [3.05, 3.63) is 54.1 Å². The van der Waals surface area contributed by atoms with E-state index in [4.69, 9.17) is 4.74 Å². The van der Waals surface area contributed by atoms with E-state index in [0.717, 1.165) is 22.4 Å². The van der Waals surface area contributed by atoms with Crippen LogP contribution in [0, 0.1) is 0 Å². The molecule has 2 nitrogen and oxygen atoms in total. The van der Waals surface area contributed by atoms with Crippen molar-refractivity contribution in [2.75, 3.05) is 6.61 Å². The van der Waals surface area contributed by atoms with Crippen LogP contribution in [-0.2, 0) is 0 Å². The van der Waals surface area contributed by atoms with Gasteiger partial charge in [-0.05, 0) is 5.56 Å². The number of hydrogen-bond acceptors (Lipinski definition) is 2. The van der Waals surface area contributed by atoms with Gasteiger partial charge in [0.15, 0.2) is 0 Å². The fourth-order valence-electron chi connectivity index (χ4n) is 2.08. The topological polar surface area (TPSA) is 29.5 Å². The molecule has 0 saturated heterocycles. The largest absolute Gasteiger partial charge is 0.489 e. The summed E-state index contributed by atoms with van der Waals surface area (Å²) in [6.45, 7) is 0.360. The van der Waals surface area contributed by atoms with Gasteiger partial charge in [-0.3, -0.25) is 0 Å². The molecule has 0 spiro atoms. The summed E-state index contributed by atoms with van der Waals surface area (Å²) in [7, 11) is 0. The molecule has 0 aliphatic carbocycles. The molecule has 0 amide bonds. The van der Waals surface area contributed by atoms with Crippen LogP contribution in [0.2, 0.25) is 0 Å². The van der Waals surface area contributed by atoms with Gasteiger partial charge in [0.2, 0.25) is 0 Å². The zero-order chi connectivity index (χ0) is 11.0. The molecule has 2 heteroatoms. The van der Waals surface area contributed by atoms with Crippen molar-refractivity contribution in [2.24, 2.45) is 0 Å². The van der Waals surface area contributed by atoms with Crippen molar-refractivity contribution in [3.63, 3.8) is 0 Å². The molecule has 16 heavy (non-hydrogen) atoms. The van der Waals surface area contributed by atoms with E-state index < -0.39 is 6.10 Å². The Balaban J connectivity index is 2.17. The van der Waals surface area contributed by atoms with E-state index >= 15 is 0 Å².